The number of hydrogen-bond acceptors (Lipinski definition) is 2. The Bertz CT molecular complexity index is 476. The molecule has 2 aliphatic carbocycles. The summed E-state index contributed by atoms with van der Waals surface area (Å²) in [5, 5.41) is 0. The molecule has 2 heteroatoms. The fourth-order valence-electron chi connectivity index (χ4n) is 3.26. The number of nitrogens with zero attached hydrogens (tertiary/aromatic N) is 1. The molecule has 3 rings (SSSR count). The van der Waals surface area contributed by atoms with Crippen LogP contribution in [0, 0.1) is 5.92 Å². The summed E-state index contributed by atoms with van der Waals surface area (Å²) < 4.78 is 0. The van der Waals surface area contributed by atoms with Crippen molar-refractivity contribution >= 4 is 5.78 Å². The Morgan fingerprint density at radius 3 is 2.74 bits per heavy atom. The largest absolute Gasteiger partial charge is 0.299 e. The third-order valence-electron chi connectivity index (χ3n) is 4.63. The highest BCUT2D eigenvalue weighted by atomic mass is 16.1. The summed E-state index contributed by atoms with van der Waals surface area (Å²) in [6.45, 7) is 1.64. The first-order valence-electron chi connectivity index (χ1n) is 7.56. The predicted molar refractivity (Wildman–Crippen MR) is 77.6 cm³/mol. The molecule has 2 nitrogen and oxygen atoms in total. The van der Waals surface area contributed by atoms with E-state index in [0.717, 1.165) is 24.4 Å². The monoisotopic (exact) mass is 257 g/mol. The van der Waals surface area contributed by atoms with Crippen LogP contribution < -0.4 is 0 Å². The second-order valence-corrected chi connectivity index (χ2v) is 6.25. The number of ketones is 1. The standard InChI is InChI=1S/C17H23NO/c1-18(11-13-4-2-5-13)12-17(19)16-9-8-14-6-3-7-15(14)10-16/h8-10,13H,2-7,11-12H2,1H3. The molecule has 19 heavy (non-hydrogen) atoms. The molecule has 1 saturated carbocycles. The molecule has 102 valence electrons. The van der Waals surface area contributed by atoms with Gasteiger partial charge >= 0.3 is 0 Å². The fraction of sp³-hybridized carbons (Fsp3) is 0.588. The molecule has 0 heterocycles. The van der Waals surface area contributed by atoms with Crippen molar-refractivity contribution in [3.05, 3.63) is 34.9 Å². The summed E-state index contributed by atoms with van der Waals surface area (Å²) in [7, 11) is 2.07. The Labute approximate surface area is 115 Å². The van der Waals surface area contributed by atoms with Gasteiger partial charge in [-0.1, -0.05) is 18.6 Å². The van der Waals surface area contributed by atoms with E-state index in [9.17, 15) is 4.79 Å². The van der Waals surface area contributed by atoms with Crippen molar-refractivity contribution in [2.45, 2.75) is 38.5 Å². The predicted octanol–water partition coefficient (Wildman–Crippen LogP) is 3.09. The van der Waals surface area contributed by atoms with Crippen LogP contribution >= 0.6 is 0 Å². The van der Waals surface area contributed by atoms with Crippen molar-refractivity contribution in [1.82, 2.24) is 4.90 Å². The Balaban J connectivity index is 1.60. The number of benzene rings is 1. The van der Waals surface area contributed by atoms with Crippen LogP contribution in [-0.2, 0) is 12.8 Å². The Morgan fingerprint density at radius 1 is 1.21 bits per heavy atom. The minimum absolute atomic E-state index is 0.275. The first kappa shape index (κ1) is 12.9. The van der Waals surface area contributed by atoms with Gasteiger partial charge in [0.15, 0.2) is 5.78 Å². The Hall–Kier alpha value is -1.15. The number of fused-ring (bicyclic) bond motifs is 1. The van der Waals surface area contributed by atoms with Gasteiger partial charge in [0.2, 0.25) is 0 Å². The number of aryl methyl sites for hydroxylation is 2. The lowest BCUT2D eigenvalue weighted by Gasteiger charge is -2.29. The molecular weight excluding hydrogens is 234 g/mol. The number of carbonyl (C=O) groups excluding carboxylic acids is 1. The van der Waals surface area contributed by atoms with E-state index in [-0.39, 0.29) is 5.78 Å². The third-order valence-corrected chi connectivity index (χ3v) is 4.63. The molecule has 0 atom stereocenters. The highest BCUT2D eigenvalue weighted by molar-refractivity contribution is 5.97. The van der Waals surface area contributed by atoms with E-state index in [4.69, 9.17) is 0 Å². The number of likely N-dealkylation sites (N-methyl/N-ethyl adjacent to an activating group) is 1. The lowest BCUT2D eigenvalue weighted by Crippen LogP contribution is -2.33. The van der Waals surface area contributed by atoms with Crippen LogP contribution in [0.4, 0.5) is 0 Å². The molecule has 2 aliphatic rings. The maximum atomic E-state index is 12.3. The molecule has 0 N–H and O–H groups in total. The van der Waals surface area contributed by atoms with E-state index in [2.05, 4.69) is 24.1 Å². The van der Waals surface area contributed by atoms with Crippen molar-refractivity contribution in [3.63, 3.8) is 0 Å². The van der Waals surface area contributed by atoms with E-state index in [1.54, 1.807) is 0 Å². The van der Waals surface area contributed by atoms with Gasteiger partial charge in [-0.25, -0.2) is 0 Å². The second kappa shape index (κ2) is 5.46. The molecule has 0 unspecified atom stereocenters. The van der Waals surface area contributed by atoms with Crippen molar-refractivity contribution in [1.29, 1.82) is 0 Å². The minimum Gasteiger partial charge on any atom is -0.299 e. The summed E-state index contributed by atoms with van der Waals surface area (Å²) in [6, 6.07) is 6.30. The zero-order chi connectivity index (χ0) is 13.2. The summed E-state index contributed by atoms with van der Waals surface area (Å²) in [6.07, 6.45) is 7.64. The molecule has 1 fully saturated rings. The second-order valence-electron chi connectivity index (χ2n) is 6.25. The van der Waals surface area contributed by atoms with Crippen LogP contribution in [0.2, 0.25) is 0 Å². The SMILES string of the molecule is CN(CC(=O)c1ccc2c(c1)CCC2)CC1CCC1. The van der Waals surface area contributed by atoms with E-state index >= 15 is 0 Å². The summed E-state index contributed by atoms with van der Waals surface area (Å²) in [5.41, 5.74) is 3.74. The molecule has 0 saturated heterocycles. The lowest BCUT2D eigenvalue weighted by atomic mass is 9.85. The molecule has 1 aromatic carbocycles. The first-order valence-corrected chi connectivity index (χ1v) is 7.56. The van der Waals surface area contributed by atoms with Gasteiger partial charge in [-0.2, -0.15) is 0 Å². The molecule has 0 aliphatic heterocycles. The zero-order valence-electron chi connectivity index (χ0n) is 11.8. The average Bonchev–Trinajstić information content (AvgIpc) is 2.80. The van der Waals surface area contributed by atoms with Gasteiger partial charge in [-0.15, -0.1) is 0 Å². The van der Waals surface area contributed by atoms with Gasteiger partial charge in [0, 0.05) is 12.1 Å². The fourth-order valence-corrected chi connectivity index (χ4v) is 3.26. The molecule has 0 bridgehead atoms. The van der Waals surface area contributed by atoms with Gasteiger partial charge < -0.3 is 0 Å². The van der Waals surface area contributed by atoms with Crippen molar-refractivity contribution < 1.29 is 4.79 Å². The topological polar surface area (TPSA) is 20.3 Å². The van der Waals surface area contributed by atoms with Gasteiger partial charge in [0.05, 0.1) is 6.54 Å². The van der Waals surface area contributed by atoms with Crippen LogP contribution in [0.3, 0.4) is 0 Å². The maximum absolute atomic E-state index is 12.3. The smallest absolute Gasteiger partial charge is 0.176 e. The van der Waals surface area contributed by atoms with Crippen LogP contribution in [0.25, 0.3) is 0 Å². The van der Waals surface area contributed by atoms with Crippen LogP contribution in [0.1, 0.15) is 47.2 Å². The summed E-state index contributed by atoms with van der Waals surface area (Å²) in [4.78, 5) is 14.5. The summed E-state index contributed by atoms with van der Waals surface area (Å²) >= 11 is 0. The van der Waals surface area contributed by atoms with Crippen molar-refractivity contribution in [2.24, 2.45) is 5.92 Å². The van der Waals surface area contributed by atoms with Gasteiger partial charge in [-0.05, 0) is 62.3 Å². The third kappa shape index (κ3) is 2.89. The van der Waals surface area contributed by atoms with E-state index in [1.165, 1.54) is 43.2 Å². The van der Waals surface area contributed by atoms with Crippen LogP contribution in [0.15, 0.2) is 18.2 Å². The number of rotatable bonds is 5. The Kier molecular flexibility index (Phi) is 3.69. The minimum atomic E-state index is 0.275. The highest BCUT2D eigenvalue weighted by Gasteiger charge is 2.20. The van der Waals surface area contributed by atoms with Gasteiger partial charge in [0.25, 0.3) is 0 Å². The molecular formula is C17H23NO. The number of carbonyl (C=O) groups is 1. The zero-order valence-corrected chi connectivity index (χ0v) is 11.8. The van der Waals surface area contributed by atoms with Gasteiger partial charge in [0.1, 0.15) is 0 Å². The van der Waals surface area contributed by atoms with Gasteiger partial charge in [-0.3, -0.25) is 9.69 Å². The first-order chi connectivity index (χ1) is 9.22. The van der Waals surface area contributed by atoms with E-state index in [0.29, 0.717) is 6.54 Å². The van der Waals surface area contributed by atoms with E-state index in [1.807, 2.05) is 6.07 Å². The summed E-state index contributed by atoms with van der Waals surface area (Å²) in [5.74, 6) is 1.11. The van der Waals surface area contributed by atoms with Crippen LogP contribution in [-0.4, -0.2) is 30.8 Å². The Morgan fingerprint density at radius 2 is 2.00 bits per heavy atom. The average molecular weight is 257 g/mol. The lowest BCUT2D eigenvalue weighted by molar-refractivity contribution is 0.0925. The molecule has 0 aromatic heterocycles. The van der Waals surface area contributed by atoms with Crippen molar-refractivity contribution in [3.8, 4) is 0 Å². The molecule has 0 radical (unpaired) electrons. The molecule has 1 aromatic rings. The molecule has 0 amide bonds. The maximum Gasteiger partial charge on any atom is 0.176 e. The number of Topliss-reactive ketones (excluding diaryl/α,β-unsaturated/α-hetero) is 1. The quantitative estimate of drug-likeness (QED) is 0.756. The number of hydrogen-bond donors (Lipinski definition) is 0. The van der Waals surface area contributed by atoms with Crippen LogP contribution in [0.5, 0.6) is 0 Å². The van der Waals surface area contributed by atoms with E-state index < -0.39 is 0 Å². The van der Waals surface area contributed by atoms with Crippen molar-refractivity contribution in [2.75, 3.05) is 20.1 Å². The normalized spacial score (nSPS) is 18.4. The highest BCUT2D eigenvalue weighted by Crippen LogP contribution is 2.27. The molecule has 0 spiro atoms.